The van der Waals surface area contributed by atoms with Crippen molar-refractivity contribution in [3.05, 3.63) is 68.7 Å². The van der Waals surface area contributed by atoms with Crippen LogP contribution in [0.5, 0.6) is 0 Å². The minimum absolute atomic E-state index is 0.0471. The number of benzene rings is 2. The lowest BCUT2D eigenvalue weighted by Crippen LogP contribution is -2.41. The average Bonchev–Trinajstić information content (AvgIpc) is 2.74. The summed E-state index contributed by atoms with van der Waals surface area (Å²) in [6.45, 7) is 4.22. The Morgan fingerprint density at radius 1 is 1.10 bits per heavy atom. The molecule has 2 aromatic carbocycles. The highest BCUT2D eigenvalue weighted by atomic mass is 35.5. The third-order valence-electron chi connectivity index (χ3n) is 4.65. The molecular weight excluding hydrogens is 412 g/mol. The first kappa shape index (κ1) is 21.7. The topological polar surface area (TPSA) is 114 Å². The number of nitro benzene ring substituents is 1. The molecule has 0 saturated carbocycles. The van der Waals surface area contributed by atoms with Crippen LogP contribution in [-0.2, 0) is 4.74 Å². The Kier molecular flexibility index (Phi) is 7.34. The molecule has 158 valence electrons. The van der Waals surface area contributed by atoms with Crippen molar-refractivity contribution < 1.29 is 19.2 Å². The number of nitrogens with zero attached hydrogens (tertiary/aromatic N) is 2. The van der Waals surface area contributed by atoms with Crippen LogP contribution >= 0.6 is 11.6 Å². The summed E-state index contributed by atoms with van der Waals surface area (Å²) in [6, 6.07) is 10.2. The third-order valence-corrected chi connectivity index (χ3v) is 4.96. The van der Waals surface area contributed by atoms with Crippen LogP contribution in [0.3, 0.4) is 0 Å². The van der Waals surface area contributed by atoms with Gasteiger partial charge in [0.05, 0.1) is 40.0 Å². The molecule has 0 aliphatic carbocycles. The predicted molar refractivity (Wildman–Crippen MR) is 112 cm³/mol. The van der Waals surface area contributed by atoms with Crippen LogP contribution in [0.2, 0.25) is 5.02 Å². The van der Waals surface area contributed by atoms with Gasteiger partial charge in [0.2, 0.25) is 0 Å². The fraction of sp³-hybridized carbons (Fsp3) is 0.300. The average molecular weight is 433 g/mol. The molecule has 2 aromatic rings. The van der Waals surface area contributed by atoms with Gasteiger partial charge in [0.1, 0.15) is 0 Å². The highest BCUT2D eigenvalue weighted by Crippen LogP contribution is 2.24. The van der Waals surface area contributed by atoms with E-state index in [0.717, 1.165) is 19.2 Å². The van der Waals surface area contributed by atoms with Gasteiger partial charge in [-0.1, -0.05) is 23.7 Å². The van der Waals surface area contributed by atoms with Gasteiger partial charge in [0.25, 0.3) is 17.5 Å². The second-order valence-corrected chi connectivity index (χ2v) is 7.04. The van der Waals surface area contributed by atoms with Crippen LogP contribution in [0.1, 0.15) is 20.7 Å². The van der Waals surface area contributed by atoms with Crippen molar-refractivity contribution in [2.75, 3.05) is 44.7 Å². The minimum Gasteiger partial charge on any atom is -0.379 e. The van der Waals surface area contributed by atoms with Gasteiger partial charge in [0.15, 0.2) is 0 Å². The molecule has 1 heterocycles. The van der Waals surface area contributed by atoms with E-state index in [1.54, 1.807) is 24.3 Å². The van der Waals surface area contributed by atoms with Gasteiger partial charge in [-0.15, -0.1) is 0 Å². The third kappa shape index (κ3) is 5.53. The second kappa shape index (κ2) is 10.1. The highest BCUT2D eigenvalue weighted by molar-refractivity contribution is 6.34. The van der Waals surface area contributed by atoms with Gasteiger partial charge in [0, 0.05) is 38.3 Å². The van der Waals surface area contributed by atoms with E-state index < -0.39 is 10.8 Å². The SMILES string of the molecule is O=C(Nc1ccccc1C(=O)NCCN1CCOCC1)c1ccc([N+](=O)[O-])cc1Cl. The molecule has 1 fully saturated rings. The molecule has 30 heavy (non-hydrogen) atoms. The number of amides is 2. The number of hydrogen-bond donors (Lipinski definition) is 2. The van der Waals surface area contributed by atoms with Crippen molar-refractivity contribution in [3.63, 3.8) is 0 Å². The molecule has 2 amide bonds. The van der Waals surface area contributed by atoms with Crippen molar-refractivity contribution >= 4 is 34.8 Å². The first-order chi connectivity index (χ1) is 14.5. The molecule has 9 nitrogen and oxygen atoms in total. The van der Waals surface area contributed by atoms with E-state index in [4.69, 9.17) is 16.3 Å². The number of halogens is 1. The zero-order chi connectivity index (χ0) is 21.5. The van der Waals surface area contributed by atoms with Gasteiger partial charge in [-0.25, -0.2) is 0 Å². The Hall–Kier alpha value is -3.01. The first-order valence-corrected chi connectivity index (χ1v) is 9.76. The number of non-ortho nitro benzene ring substituents is 1. The normalized spacial score (nSPS) is 14.2. The van der Waals surface area contributed by atoms with Crippen LogP contribution in [-0.4, -0.2) is 61.0 Å². The molecule has 0 unspecified atom stereocenters. The number of hydrogen-bond acceptors (Lipinski definition) is 6. The predicted octanol–water partition coefficient (Wildman–Crippen LogP) is 2.56. The van der Waals surface area contributed by atoms with Crippen molar-refractivity contribution in [1.82, 2.24) is 10.2 Å². The molecule has 0 atom stereocenters. The number of rotatable bonds is 7. The fourth-order valence-corrected chi connectivity index (χ4v) is 3.29. The Bertz CT molecular complexity index is 947. The smallest absolute Gasteiger partial charge is 0.270 e. The van der Waals surface area contributed by atoms with Crippen molar-refractivity contribution in [2.45, 2.75) is 0 Å². The van der Waals surface area contributed by atoms with Crippen molar-refractivity contribution in [3.8, 4) is 0 Å². The Morgan fingerprint density at radius 3 is 2.53 bits per heavy atom. The van der Waals surface area contributed by atoms with Crippen LogP contribution in [0.15, 0.2) is 42.5 Å². The number of carbonyl (C=O) groups excluding carboxylic acids is 2. The zero-order valence-electron chi connectivity index (χ0n) is 16.1. The molecule has 2 N–H and O–H groups in total. The molecule has 0 spiro atoms. The summed E-state index contributed by atoms with van der Waals surface area (Å²) in [6.07, 6.45) is 0. The van der Waals surface area contributed by atoms with E-state index >= 15 is 0 Å². The number of para-hydroxylation sites is 1. The van der Waals surface area contributed by atoms with Gasteiger partial charge >= 0.3 is 0 Å². The summed E-state index contributed by atoms with van der Waals surface area (Å²) in [5.74, 6) is -0.877. The molecule has 0 radical (unpaired) electrons. The molecular formula is C20H21ClN4O5. The van der Waals surface area contributed by atoms with E-state index in [1.165, 1.54) is 12.1 Å². The standard InChI is InChI=1S/C20H21ClN4O5/c21-17-13-14(25(28)29)5-6-15(17)20(27)23-18-4-2-1-3-16(18)19(26)22-7-8-24-9-11-30-12-10-24/h1-6,13H,7-12H2,(H,22,26)(H,23,27). The molecule has 0 aromatic heterocycles. The fourth-order valence-electron chi connectivity index (χ4n) is 3.03. The number of anilines is 1. The zero-order valence-corrected chi connectivity index (χ0v) is 16.9. The maximum atomic E-state index is 12.6. The molecule has 0 bridgehead atoms. The van der Waals surface area contributed by atoms with Gasteiger partial charge < -0.3 is 15.4 Å². The van der Waals surface area contributed by atoms with Crippen LogP contribution in [0, 0.1) is 10.1 Å². The molecule has 1 saturated heterocycles. The lowest BCUT2D eigenvalue weighted by atomic mass is 10.1. The van der Waals surface area contributed by atoms with Crippen LogP contribution in [0.4, 0.5) is 11.4 Å². The Morgan fingerprint density at radius 2 is 1.83 bits per heavy atom. The second-order valence-electron chi connectivity index (χ2n) is 6.63. The van der Waals surface area contributed by atoms with Gasteiger partial charge in [-0.3, -0.25) is 24.6 Å². The number of ether oxygens (including phenoxy) is 1. The molecule has 1 aliphatic rings. The molecule has 3 rings (SSSR count). The summed E-state index contributed by atoms with van der Waals surface area (Å²) in [5, 5.41) is 16.3. The minimum atomic E-state index is -0.593. The van der Waals surface area contributed by atoms with E-state index in [2.05, 4.69) is 15.5 Å². The van der Waals surface area contributed by atoms with Crippen molar-refractivity contribution in [2.24, 2.45) is 0 Å². The molecule has 1 aliphatic heterocycles. The van der Waals surface area contributed by atoms with E-state index in [-0.39, 0.29) is 22.2 Å². The van der Waals surface area contributed by atoms with Gasteiger partial charge in [-0.2, -0.15) is 0 Å². The number of carbonyl (C=O) groups is 2. The van der Waals surface area contributed by atoms with Gasteiger partial charge in [-0.05, 0) is 18.2 Å². The van der Waals surface area contributed by atoms with E-state index in [9.17, 15) is 19.7 Å². The Labute approximate surface area is 178 Å². The lowest BCUT2D eigenvalue weighted by Gasteiger charge is -2.26. The van der Waals surface area contributed by atoms with Crippen LogP contribution < -0.4 is 10.6 Å². The van der Waals surface area contributed by atoms with Crippen LogP contribution in [0.25, 0.3) is 0 Å². The first-order valence-electron chi connectivity index (χ1n) is 9.38. The van der Waals surface area contributed by atoms with Crippen molar-refractivity contribution in [1.29, 1.82) is 0 Å². The number of nitrogens with one attached hydrogen (secondary N) is 2. The van der Waals surface area contributed by atoms with E-state index in [0.29, 0.717) is 37.6 Å². The summed E-state index contributed by atoms with van der Waals surface area (Å²) in [7, 11) is 0. The Balaban J connectivity index is 1.65. The lowest BCUT2D eigenvalue weighted by molar-refractivity contribution is -0.384. The maximum Gasteiger partial charge on any atom is 0.270 e. The summed E-state index contributed by atoms with van der Waals surface area (Å²) in [4.78, 5) is 37.6. The highest BCUT2D eigenvalue weighted by Gasteiger charge is 2.18. The number of nitro groups is 1. The quantitative estimate of drug-likeness (QED) is 0.513. The largest absolute Gasteiger partial charge is 0.379 e. The summed E-state index contributed by atoms with van der Waals surface area (Å²) in [5.41, 5.74) is 0.494. The summed E-state index contributed by atoms with van der Waals surface area (Å²) >= 11 is 6.02. The van der Waals surface area contributed by atoms with E-state index in [1.807, 2.05) is 0 Å². The number of morpholine rings is 1. The molecule has 10 heteroatoms. The monoisotopic (exact) mass is 432 g/mol. The maximum absolute atomic E-state index is 12.6. The summed E-state index contributed by atoms with van der Waals surface area (Å²) < 4.78 is 5.30.